The summed E-state index contributed by atoms with van der Waals surface area (Å²) in [6.45, 7) is 10.6. The number of carbonyl (C=O) groups excluding carboxylic acids is 1. The van der Waals surface area contributed by atoms with Crippen molar-refractivity contribution in [3.8, 4) is 0 Å². The summed E-state index contributed by atoms with van der Waals surface area (Å²) in [5, 5.41) is 5.66. The van der Waals surface area contributed by atoms with Crippen LogP contribution < -0.4 is 5.32 Å². The summed E-state index contributed by atoms with van der Waals surface area (Å²) < 4.78 is 0. The van der Waals surface area contributed by atoms with Crippen molar-refractivity contribution in [1.82, 2.24) is 10.4 Å². The van der Waals surface area contributed by atoms with Crippen molar-refractivity contribution in [3.05, 3.63) is 0 Å². The molecule has 0 fully saturated rings. The van der Waals surface area contributed by atoms with Gasteiger partial charge in [0, 0.05) is 26.1 Å². The molecule has 61 heavy (non-hydrogen) atoms. The molecule has 364 valence electrons. The van der Waals surface area contributed by atoms with Gasteiger partial charge in [-0.2, -0.15) is 0 Å². The zero-order valence-corrected chi connectivity index (χ0v) is 42.0. The molecule has 0 saturated carbocycles. The first kappa shape index (κ1) is 63.7. The van der Waals surface area contributed by atoms with E-state index in [1.807, 2.05) is 5.06 Å². The average Bonchev–Trinajstić information content (AvgIpc) is 3.25. The normalized spacial score (nSPS) is 11.5. The minimum atomic E-state index is -0.0148. The number of hydrogen-bond donors (Lipinski definition) is 1. The van der Waals surface area contributed by atoms with Crippen LogP contribution in [-0.2, 0) is 9.63 Å². The number of nitrogens with zero attached hydrogens (tertiary/aromatic N) is 1. The molecule has 0 unspecified atom stereocenters. The predicted molar refractivity (Wildman–Crippen MR) is 278 cm³/mol. The molecule has 0 aromatic rings. The Labute approximate surface area is 415 Å². The van der Waals surface area contributed by atoms with Gasteiger partial charge in [0.15, 0.2) is 0 Å². The van der Waals surface area contributed by atoms with E-state index in [2.05, 4.69) is 26.1 Å². The van der Waals surface area contributed by atoms with E-state index in [0.717, 1.165) is 45.4 Å². The van der Waals surface area contributed by atoms with Crippen molar-refractivity contribution >= 4 is 43.7 Å². The fourth-order valence-electron chi connectivity index (χ4n) is 9.00. The standard InChI is InChI=1S/C56H114N2O2.Ca.2H/c1-4-7-10-13-16-19-22-25-28-31-34-37-40-43-46-49-52-57-53-55-58(54-50-47-44-41-38-35-32-29-26-23-20-17-14-11-8-5-2)60-56(59)51-48-45-42-39-36-33-30-27-24-21-18-15-12-9-6-3;;;/h57H,4-55H2,1-3H3;;;. The van der Waals surface area contributed by atoms with Gasteiger partial charge < -0.3 is 10.2 Å². The van der Waals surface area contributed by atoms with Crippen LogP contribution in [0.4, 0.5) is 0 Å². The van der Waals surface area contributed by atoms with Crippen molar-refractivity contribution in [1.29, 1.82) is 0 Å². The Morgan fingerprint density at radius 2 is 0.557 bits per heavy atom. The van der Waals surface area contributed by atoms with Crippen molar-refractivity contribution in [2.24, 2.45) is 0 Å². The minimum absolute atomic E-state index is 0. The molecule has 0 aromatic carbocycles. The molecular formula is C56H116CaN2O2. The van der Waals surface area contributed by atoms with Gasteiger partial charge >= 0.3 is 43.7 Å². The monoisotopic (exact) mass is 889 g/mol. The van der Waals surface area contributed by atoms with Crippen LogP contribution in [0.2, 0.25) is 0 Å². The molecule has 0 aliphatic carbocycles. The van der Waals surface area contributed by atoms with E-state index in [4.69, 9.17) is 4.84 Å². The molecule has 0 saturated heterocycles. The van der Waals surface area contributed by atoms with Crippen LogP contribution in [0.1, 0.15) is 329 Å². The Hall–Kier alpha value is 0.650. The Kier molecular flexibility index (Phi) is 61.3. The fraction of sp³-hybridized carbons (Fsp3) is 0.982. The Bertz CT molecular complexity index is 782. The molecule has 0 amide bonds. The van der Waals surface area contributed by atoms with Crippen LogP contribution in [0.15, 0.2) is 0 Å². The molecule has 0 heterocycles. The first-order chi connectivity index (χ1) is 29.7. The summed E-state index contributed by atoms with van der Waals surface area (Å²) in [5.41, 5.74) is 0. The third-order valence-corrected chi connectivity index (χ3v) is 13.2. The van der Waals surface area contributed by atoms with E-state index in [0.29, 0.717) is 6.42 Å². The number of rotatable bonds is 54. The zero-order chi connectivity index (χ0) is 43.3. The second kappa shape index (κ2) is 58.7. The summed E-state index contributed by atoms with van der Waals surface area (Å²) in [4.78, 5) is 18.9. The second-order valence-electron chi connectivity index (χ2n) is 19.4. The van der Waals surface area contributed by atoms with Gasteiger partial charge in [-0.3, -0.25) is 4.79 Å². The van der Waals surface area contributed by atoms with E-state index < -0.39 is 0 Å². The van der Waals surface area contributed by atoms with Crippen LogP contribution in [-0.4, -0.2) is 74.9 Å². The predicted octanol–water partition coefficient (Wildman–Crippen LogP) is 18.2. The van der Waals surface area contributed by atoms with Gasteiger partial charge in [0.1, 0.15) is 0 Å². The van der Waals surface area contributed by atoms with Crippen LogP contribution in [0.25, 0.3) is 0 Å². The van der Waals surface area contributed by atoms with E-state index in [-0.39, 0.29) is 43.7 Å². The van der Waals surface area contributed by atoms with Crippen molar-refractivity contribution in [2.45, 2.75) is 329 Å². The Balaban J connectivity index is 0. The second-order valence-corrected chi connectivity index (χ2v) is 19.4. The van der Waals surface area contributed by atoms with Crippen LogP contribution in [0.3, 0.4) is 0 Å². The number of carbonyl (C=O) groups is 1. The van der Waals surface area contributed by atoms with Crippen LogP contribution in [0, 0.1) is 0 Å². The maximum atomic E-state index is 12.9. The first-order valence-corrected chi connectivity index (χ1v) is 28.4. The topological polar surface area (TPSA) is 41.6 Å². The van der Waals surface area contributed by atoms with Gasteiger partial charge in [-0.05, 0) is 25.8 Å². The van der Waals surface area contributed by atoms with Gasteiger partial charge in [-0.15, -0.1) is 5.06 Å². The van der Waals surface area contributed by atoms with Crippen molar-refractivity contribution in [3.63, 3.8) is 0 Å². The third kappa shape index (κ3) is 56.7. The molecule has 1 N–H and O–H groups in total. The fourth-order valence-corrected chi connectivity index (χ4v) is 9.00. The molecule has 0 atom stereocenters. The van der Waals surface area contributed by atoms with Crippen molar-refractivity contribution < 1.29 is 9.63 Å². The van der Waals surface area contributed by atoms with Crippen LogP contribution in [0.5, 0.6) is 0 Å². The summed E-state index contributed by atoms with van der Waals surface area (Å²) >= 11 is 0. The van der Waals surface area contributed by atoms with Gasteiger partial charge in [0.25, 0.3) is 0 Å². The van der Waals surface area contributed by atoms with Crippen molar-refractivity contribution in [2.75, 3.05) is 26.2 Å². The summed E-state index contributed by atoms with van der Waals surface area (Å²) in [6, 6.07) is 0. The van der Waals surface area contributed by atoms with E-state index in [1.165, 1.54) is 283 Å². The molecule has 0 spiro atoms. The van der Waals surface area contributed by atoms with Gasteiger partial charge in [-0.25, -0.2) is 0 Å². The molecule has 0 aromatic heterocycles. The van der Waals surface area contributed by atoms with E-state index in [1.54, 1.807) is 0 Å². The molecule has 5 heteroatoms. The maximum absolute atomic E-state index is 12.9. The number of hydrogen-bond acceptors (Lipinski definition) is 4. The average molecular weight is 890 g/mol. The van der Waals surface area contributed by atoms with Crippen LogP contribution >= 0.6 is 0 Å². The van der Waals surface area contributed by atoms with E-state index in [9.17, 15) is 4.79 Å². The molecule has 0 aliphatic heterocycles. The SMILES string of the molecule is CCCCCCCCCCCCCCCCCCNCCN(CCCCCCCCCCCCCCCCCC)OC(=O)CCCCCCCCCCCCCCCCC.[CaH2]. The molecule has 0 bridgehead atoms. The first-order valence-electron chi connectivity index (χ1n) is 28.4. The number of hydroxylamine groups is 2. The molecular weight excluding hydrogens is 773 g/mol. The molecule has 0 aliphatic rings. The molecule has 4 nitrogen and oxygen atoms in total. The van der Waals surface area contributed by atoms with Gasteiger partial charge in [0.2, 0.25) is 0 Å². The molecule has 0 radical (unpaired) electrons. The van der Waals surface area contributed by atoms with Gasteiger partial charge in [-0.1, -0.05) is 303 Å². The zero-order valence-electron chi connectivity index (χ0n) is 42.0. The summed E-state index contributed by atoms with van der Waals surface area (Å²) in [6.07, 6.45) is 65.6. The number of unbranched alkanes of at least 4 members (excludes halogenated alkanes) is 44. The quantitative estimate of drug-likeness (QED) is 0.0375. The Morgan fingerprint density at radius 1 is 0.311 bits per heavy atom. The summed E-state index contributed by atoms with van der Waals surface area (Å²) in [7, 11) is 0. The number of nitrogens with one attached hydrogen (secondary N) is 1. The van der Waals surface area contributed by atoms with Gasteiger partial charge in [0.05, 0.1) is 0 Å². The van der Waals surface area contributed by atoms with E-state index >= 15 is 0 Å². The summed E-state index contributed by atoms with van der Waals surface area (Å²) in [5.74, 6) is -0.0148. The molecule has 0 rings (SSSR count). The Morgan fingerprint density at radius 3 is 0.852 bits per heavy atom. The third-order valence-electron chi connectivity index (χ3n) is 13.2.